The van der Waals surface area contributed by atoms with E-state index in [2.05, 4.69) is 0 Å². The molecule has 1 unspecified atom stereocenters. The summed E-state index contributed by atoms with van der Waals surface area (Å²) in [5, 5.41) is 0.672. The Kier molecular flexibility index (Phi) is 8.58. The summed E-state index contributed by atoms with van der Waals surface area (Å²) < 4.78 is 17.3. The van der Waals surface area contributed by atoms with E-state index in [0.717, 1.165) is 37.9 Å². The van der Waals surface area contributed by atoms with Crippen molar-refractivity contribution in [2.75, 3.05) is 53.1 Å². The van der Waals surface area contributed by atoms with Gasteiger partial charge in [0.05, 0.1) is 32.6 Å². The van der Waals surface area contributed by atoms with Gasteiger partial charge in [0.15, 0.2) is 0 Å². The Bertz CT molecular complexity index is 768. The molecule has 0 bridgehead atoms. The normalized spacial score (nSPS) is 21.8. The number of halogens is 1. The number of methoxy groups -OCH3 is 1. The Labute approximate surface area is 189 Å². The largest absolute Gasteiger partial charge is 0.490 e. The van der Waals surface area contributed by atoms with Gasteiger partial charge in [-0.05, 0) is 49.9 Å². The van der Waals surface area contributed by atoms with Crippen LogP contribution in [0.2, 0.25) is 5.02 Å². The number of ether oxygens (including phenoxy) is 3. The molecule has 31 heavy (non-hydrogen) atoms. The fraction of sp³-hybridized carbons (Fsp3) is 0.652. The van der Waals surface area contributed by atoms with Crippen LogP contribution in [0.5, 0.6) is 5.75 Å². The number of piperidine rings is 1. The number of benzene rings is 1. The monoisotopic (exact) mass is 452 g/mol. The first kappa shape index (κ1) is 23.8. The standard InChI is InChI=1S/C23H33ClN2O5/c1-18-14-19(6-7-20(18)24)30-17-23(15-22(28)25-9-4-3-5-10-25)16-26(11-13-31-23)21(27)8-12-29-2/h6-7,14H,3-5,8-13,15-17H2,1-2H3. The van der Waals surface area contributed by atoms with Gasteiger partial charge in [0.1, 0.15) is 18.0 Å². The van der Waals surface area contributed by atoms with E-state index in [9.17, 15) is 9.59 Å². The Morgan fingerprint density at radius 1 is 1.13 bits per heavy atom. The van der Waals surface area contributed by atoms with Gasteiger partial charge >= 0.3 is 0 Å². The first-order valence-electron chi connectivity index (χ1n) is 11.0. The van der Waals surface area contributed by atoms with Crippen LogP contribution >= 0.6 is 11.6 Å². The van der Waals surface area contributed by atoms with Gasteiger partial charge in [0.2, 0.25) is 11.8 Å². The molecule has 0 N–H and O–H groups in total. The highest BCUT2D eigenvalue weighted by Gasteiger charge is 2.42. The highest BCUT2D eigenvalue weighted by molar-refractivity contribution is 6.31. The average Bonchev–Trinajstić information content (AvgIpc) is 2.79. The molecular formula is C23H33ClN2O5. The maximum Gasteiger partial charge on any atom is 0.225 e. The molecule has 2 heterocycles. The quantitative estimate of drug-likeness (QED) is 0.606. The van der Waals surface area contributed by atoms with Crippen molar-refractivity contribution in [1.82, 2.24) is 9.80 Å². The van der Waals surface area contributed by atoms with Crippen molar-refractivity contribution in [3.63, 3.8) is 0 Å². The van der Waals surface area contributed by atoms with Crippen molar-refractivity contribution >= 4 is 23.4 Å². The van der Waals surface area contributed by atoms with Gasteiger partial charge in [-0.1, -0.05) is 11.6 Å². The number of hydrogen-bond acceptors (Lipinski definition) is 5. The zero-order valence-electron chi connectivity index (χ0n) is 18.5. The molecule has 0 spiro atoms. The molecule has 0 aromatic heterocycles. The second kappa shape index (κ2) is 11.2. The Hall–Kier alpha value is -1.83. The third kappa shape index (κ3) is 6.57. The molecular weight excluding hydrogens is 420 g/mol. The molecule has 2 saturated heterocycles. The molecule has 7 nitrogen and oxygen atoms in total. The van der Waals surface area contributed by atoms with E-state index in [4.69, 9.17) is 25.8 Å². The smallest absolute Gasteiger partial charge is 0.225 e. The third-order valence-electron chi connectivity index (χ3n) is 5.93. The van der Waals surface area contributed by atoms with Gasteiger partial charge in [-0.15, -0.1) is 0 Å². The Morgan fingerprint density at radius 2 is 1.90 bits per heavy atom. The summed E-state index contributed by atoms with van der Waals surface area (Å²) in [6, 6.07) is 5.47. The maximum atomic E-state index is 13.1. The molecule has 172 valence electrons. The van der Waals surface area contributed by atoms with Crippen molar-refractivity contribution in [1.29, 1.82) is 0 Å². The molecule has 0 saturated carbocycles. The SMILES string of the molecule is COCCC(=O)N1CCOC(COc2ccc(Cl)c(C)c2)(CC(=O)N2CCCCC2)C1. The maximum absolute atomic E-state index is 13.1. The van der Waals surface area contributed by atoms with Crippen molar-refractivity contribution in [2.24, 2.45) is 0 Å². The van der Waals surface area contributed by atoms with Crippen LogP contribution in [0.15, 0.2) is 18.2 Å². The summed E-state index contributed by atoms with van der Waals surface area (Å²) in [7, 11) is 1.58. The van der Waals surface area contributed by atoms with Crippen LogP contribution < -0.4 is 4.74 Å². The van der Waals surface area contributed by atoms with E-state index in [1.54, 1.807) is 24.1 Å². The lowest BCUT2D eigenvalue weighted by Crippen LogP contribution is -2.58. The summed E-state index contributed by atoms with van der Waals surface area (Å²) in [6.45, 7) is 5.22. The topological polar surface area (TPSA) is 68.3 Å². The Morgan fingerprint density at radius 3 is 2.61 bits per heavy atom. The average molecular weight is 453 g/mol. The minimum absolute atomic E-state index is 0.00211. The number of carbonyl (C=O) groups excluding carboxylic acids is 2. The second-order valence-electron chi connectivity index (χ2n) is 8.41. The number of rotatable bonds is 8. The summed E-state index contributed by atoms with van der Waals surface area (Å²) in [5.41, 5.74) is 0.0295. The van der Waals surface area contributed by atoms with Gasteiger partial charge in [-0.2, -0.15) is 0 Å². The van der Waals surface area contributed by atoms with Gasteiger partial charge in [0.25, 0.3) is 0 Å². The minimum Gasteiger partial charge on any atom is -0.490 e. The van der Waals surface area contributed by atoms with E-state index in [-0.39, 0.29) is 24.8 Å². The van der Waals surface area contributed by atoms with E-state index in [1.807, 2.05) is 17.9 Å². The number of hydrogen-bond donors (Lipinski definition) is 0. The first-order valence-corrected chi connectivity index (χ1v) is 11.4. The zero-order valence-corrected chi connectivity index (χ0v) is 19.3. The van der Waals surface area contributed by atoms with Crippen LogP contribution in [-0.2, 0) is 19.1 Å². The zero-order chi connectivity index (χ0) is 22.3. The van der Waals surface area contributed by atoms with E-state index >= 15 is 0 Å². The van der Waals surface area contributed by atoms with Gasteiger partial charge in [-0.3, -0.25) is 9.59 Å². The predicted molar refractivity (Wildman–Crippen MR) is 118 cm³/mol. The van der Waals surface area contributed by atoms with Crippen LogP contribution in [0.3, 0.4) is 0 Å². The van der Waals surface area contributed by atoms with E-state index in [1.165, 1.54) is 0 Å². The lowest BCUT2D eigenvalue weighted by atomic mass is 9.96. The number of carbonyl (C=O) groups is 2. The van der Waals surface area contributed by atoms with Crippen LogP contribution in [0.1, 0.15) is 37.7 Å². The number of likely N-dealkylation sites (tertiary alicyclic amines) is 1. The molecule has 0 aliphatic carbocycles. The summed E-state index contributed by atoms with van der Waals surface area (Å²) in [6.07, 6.45) is 3.72. The summed E-state index contributed by atoms with van der Waals surface area (Å²) in [4.78, 5) is 29.4. The van der Waals surface area contributed by atoms with Crippen LogP contribution in [0, 0.1) is 6.92 Å². The van der Waals surface area contributed by atoms with Gasteiger partial charge in [0, 0.05) is 31.8 Å². The fourth-order valence-corrected chi connectivity index (χ4v) is 4.22. The number of amides is 2. The number of nitrogens with zero attached hydrogens (tertiary/aromatic N) is 2. The molecule has 1 aromatic rings. The lowest BCUT2D eigenvalue weighted by molar-refractivity contribution is -0.166. The van der Waals surface area contributed by atoms with Gasteiger partial charge in [-0.25, -0.2) is 0 Å². The molecule has 1 aromatic carbocycles. The highest BCUT2D eigenvalue weighted by atomic mass is 35.5. The van der Waals surface area contributed by atoms with Crippen LogP contribution in [0.4, 0.5) is 0 Å². The van der Waals surface area contributed by atoms with Gasteiger partial charge < -0.3 is 24.0 Å². The number of aryl methyl sites for hydroxylation is 1. The molecule has 2 amide bonds. The van der Waals surface area contributed by atoms with Crippen molar-refractivity contribution < 1.29 is 23.8 Å². The van der Waals surface area contributed by atoms with Crippen LogP contribution in [-0.4, -0.2) is 80.3 Å². The van der Waals surface area contributed by atoms with E-state index < -0.39 is 5.60 Å². The molecule has 3 rings (SSSR count). The number of morpholine rings is 1. The van der Waals surface area contributed by atoms with Crippen LogP contribution in [0.25, 0.3) is 0 Å². The lowest BCUT2D eigenvalue weighted by Gasteiger charge is -2.43. The van der Waals surface area contributed by atoms with Crippen molar-refractivity contribution in [2.45, 2.75) is 44.6 Å². The fourth-order valence-electron chi connectivity index (χ4n) is 4.10. The Balaban J connectivity index is 1.74. The molecule has 1 atom stereocenters. The second-order valence-corrected chi connectivity index (χ2v) is 8.81. The molecule has 8 heteroatoms. The predicted octanol–water partition coefficient (Wildman–Crippen LogP) is 3.06. The first-order chi connectivity index (χ1) is 14.9. The molecule has 2 aliphatic heterocycles. The van der Waals surface area contributed by atoms with E-state index in [0.29, 0.717) is 43.5 Å². The summed E-state index contributed by atoms with van der Waals surface area (Å²) >= 11 is 6.12. The third-order valence-corrected chi connectivity index (χ3v) is 6.36. The van der Waals surface area contributed by atoms with Crippen molar-refractivity contribution in [3.05, 3.63) is 28.8 Å². The molecule has 2 fully saturated rings. The molecule has 2 aliphatic rings. The molecule has 0 radical (unpaired) electrons. The van der Waals surface area contributed by atoms with Crippen molar-refractivity contribution in [3.8, 4) is 5.75 Å². The minimum atomic E-state index is -0.886. The summed E-state index contributed by atoms with van der Waals surface area (Å²) in [5.74, 6) is 0.724. The highest BCUT2D eigenvalue weighted by Crippen LogP contribution is 2.28.